The number of aromatic nitrogens is 1. The molecule has 0 spiro atoms. The topological polar surface area (TPSA) is 115 Å². The van der Waals surface area contributed by atoms with Crippen LogP contribution in [0.5, 0.6) is 17.2 Å². The van der Waals surface area contributed by atoms with Crippen molar-refractivity contribution >= 4 is 17.4 Å². The lowest BCUT2D eigenvalue weighted by atomic mass is 9.95. The molecule has 1 aromatic carbocycles. The van der Waals surface area contributed by atoms with Crippen LogP contribution in [0.25, 0.3) is 5.76 Å². The molecule has 1 N–H and O–H groups in total. The van der Waals surface area contributed by atoms with Gasteiger partial charge >= 0.3 is 0 Å². The third-order valence-electron chi connectivity index (χ3n) is 6.60. The number of Topliss-reactive ketones (excluding diaryl/α,β-unsaturated/α-hetero) is 1. The molecule has 0 aliphatic carbocycles. The van der Waals surface area contributed by atoms with E-state index in [1.165, 1.54) is 55.7 Å². The molecule has 10 heteroatoms. The first kappa shape index (κ1) is 25.5. The van der Waals surface area contributed by atoms with Crippen molar-refractivity contribution in [1.82, 2.24) is 9.88 Å². The van der Waals surface area contributed by atoms with Crippen LogP contribution in [0.4, 0.5) is 0 Å². The summed E-state index contributed by atoms with van der Waals surface area (Å²) in [6, 6.07) is 5.53. The number of morpholine rings is 1. The van der Waals surface area contributed by atoms with Crippen LogP contribution in [0, 0.1) is 0 Å². The zero-order valence-corrected chi connectivity index (χ0v) is 20.7. The molecule has 36 heavy (non-hydrogen) atoms. The lowest BCUT2D eigenvalue weighted by Gasteiger charge is -2.29. The van der Waals surface area contributed by atoms with Crippen molar-refractivity contribution in [2.45, 2.75) is 12.5 Å². The minimum Gasteiger partial charge on any atom is -0.872 e. The second kappa shape index (κ2) is 11.4. The molecule has 4 rings (SSSR count). The molecule has 2 saturated heterocycles. The molecular formula is C26H31N3O7. The van der Waals surface area contributed by atoms with Crippen molar-refractivity contribution in [2.75, 3.05) is 60.7 Å². The van der Waals surface area contributed by atoms with Gasteiger partial charge in [0.15, 0.2) is 11.5 Å². The number of carbonyl (C=O) groups is 2. The Kier molecular flexibility index (Phi) is 8.07. The van der Waals surface area contributed by atoms with Gasteiger partial charge in [-0.05, 0) is 35.4 Å². The van der Waals surface area contributed by atoms with Gasteiger partial charge in [-0.2, -0.15) is 0 Å². The highest BCUT2D eigenvalue weighted by atomic mass is 16.5. The number of benzene rings is 1. The van der Waals surface area contributed by atoms with E-state index in [0.29, 0.717) is 54.6 Å². The number of quaternary nitrogens is 1. The highest BCUT2D eigenvalue weighted by Gasteiger charge is 2.44. The third-order valence-corrected chi connectivity index (χ3v) is 6.60. The highest BCUT2D eigenvalue weighted by Crippen LogP contribution is 2.45. The van der Waals surface area contributed by atoms with E-state index in [-0.39, 0.29) is 5.57 Å². The monoisotopic (exact) mass is 497 g/mol. The Balaban J connectivity index is 1.76. The van der Waals surface area contributed by atoms with E-state index in [9.17, 15) is 14.7 Å². The summed E-state index contributed by atoms with van der Waals surface area (Å²) in [4.78, 5) is 33.3. The van der Waals surface area contributed by atoms with Gasteiger partial charge in [-0.1, -0.05) is 5.76 Å². The number of likely N-dealkylation sites (tertiary alicyclic amines) is 1. The molecule has 192 valence electrons. The standard InChI is InChI=1S/C26H31N3O7/c1-33-19-15-18(16-20(34-2)25(19)35-3)22-21(23(30)17-5-7-27-8-6-17)24(31)26(32)29(22)10-4-9-28-11-13-36-14-12-28/h5-8,15-16,22,30H,4,9-14H2,1-3H3. The van der Waals surface area contributed by atoms with Crippen molar-refractivity contribution < 1.29 is 38.5 Å². The Bertz CT molecular complexity index is 1100. The lowest BCUT2D eigenvalue weighted by molar-refractivity contribution is -0.908. The minimum atomic E-state index is -0.890. The fourth-order valence-electron chi connectivity index (χ4n) is 4.77. The molecule has 10 nitrogen and oxygen atoms in total. The quantitative estimate of drug-likeness (QED) is 0.284. The van der Waals surface area contributed by atoms with Crippen LogP contribution in [0.15, 0.2) is 42.2 Å². The fraction of sp³-hybridized carbons (Fsp3) is 0.423. The summed E-state index contributed by atoms with van der Waals surface area (Å²) < 4.78 is 21.8. The summed E-state index contributed by atoms with van der Waals surface area (Å²) in [6.07, 6.45) is 3.63. The number of pyridine rings is 1. The molecule has 2 aromatic rings. The average Bonchev–Trinajstić information content (AvgIpc) is 3.17. The number of ketones is 1. The van der Waals surface area contributed by atoms with Crippen LogP contribution in [0.3, 0.4) is 0 Å². The molecule has 0 saturated carbocycles. The van der Waals surface area contributed by atoms with E-state index in [2.05, 4.69) is 4.98 Å². The Morgan fingerprint density at radius 3 is 2.31 bits per heavy atom. The summed E-state index contributed by atoms with van der Waals surface area (Å²) >= 11 is 0. The van der Waals surface area contributed by atoms with E-state index in [1.54, 1.807) is 12.1 Å². The number of rotatable bonds is 9. The van der Waals surface area contributed by atoms with Gasteiger partial charge in [0.05, 0.1) is 47.1 Å². The van der Waals surface area contributed by atoms with E-state index < -0.39 is 23.5 Å². The van der Waals surface area contributed by atoms with E-state index in [4.69, 9.17) is 18.9 Å². The highest BCUT2D eigenvalue weighted by molar-refractivity contribution is 6.46. The molecule has 0 radical (unpaired) electrons. The number of amides is 1. The van der Waals surface area contributed by atoms with Crippen LogP contribution < -0.4 is 24.2 Å². The number of nitrogens with zero attached hydrogens (tertiary/aromatic N) is 2. The molecule has 1 aromatic heterocycles. The molecule has 0 bridgehead atoms. The predicted octanol–water partition coefficient (Wildman–Crippen LogP) is -0.363. The van der Waals surface area contributed by atoms with Crippen molar-refractivity contribution in [3.05, 3.63) is 53.4 Å². The zero-order chi connectivity index (χ0) is 25.7. The Hall–Kier alpha value is -3.63. The smallest absolute Gasteiger partial charge is 0.295 e. The Morgan fingerprint density at radius 1 is 1.08 bits per heavy atom. The minimum absolute atomic E-state index is 0.0980. The molecule has 2 aliphatic heterocycles. The maximum absolute atomic E-state index is 13.5. The van der Waals surface area contributed by atoms with Gasteiger partial charge in [-0.3, -0.25) is 14.6 Å². The second-order valence-electron chi connectivity index (χ2n) is 8.63. The first-order valence-electron chi connectivity index (χ1n) is 11.9. The van der Waals surface area contributed by atoms with Crippen LogP contribution in [0.2, 0.25) is 0 Å². The van der Waals surface area contributed by atoms with Crippen LogP contribution in [0.1, 0.15) is 23.6 Å². The van der Waals surface area contributed by atoms with Gasteiger partial charge in [-0.15, -0.1) is 0 Å². The number of ether oxygens (including phenoxy) is 4. The maximum Gasteiger partial charge on any atom is 0.295 e. The first-order chi connectivity index (χ1) is 17.5. The molecule has 3 heterocycles. The average molecular weight is 498 g/mol. The van der Waals surface area contributed by atoms with Gasteiger partial charge in [0.1, 0.15) is 13.1 Å². The summed E-state index contributed by atoms with van der Waals surface area (Å²) in [6.45, 7) is 4.38. The van der Waals surface area contributed by atoms with Gasteiger partial charge in [-0.25, -0.2) is 0 Å². The van der Waals surface area contributed by atoms with E-state index >= 15 is 0 Å². The Morgan fingerprint density at radius 2 is 1.72 bits per heavy atom. The van der Waals surface area contributed by atoms with Crippen molar-refractivity contribution in [2.24, 2.45) is 0 Å². The fourth-order valence-corrected chi connectivity index (χ4v) is 4.77. The number of hydrogen-bond acceptors (Lipinski definition) is 8. The number of carbonyl (C=O) groups excluding carboxylic acids is 2. The molecule has 1 amide bonds. The van der Waals surface area contributed by atoms with Gasteiger partial charge in [0.2, 0.25) is 11.5 Å². The number of nitrogens with one attached hydrogen (secondary N) is 1. The predicted molar refractivity (Wildman–Crippen MR) is 128 cm³/mol. The molecule has 1 unspecified atom stereocenters. The normalized spacial score (nSPS) is 20.0. The summed E-state index contributed by atoms with van der Waals surface area (Å²) in [7, 11) is 4.47. The summed E-state index contributed by atoms with van der Waals surface area (Å²) in [5.41, 5.74) is 0.720. The van der Waals surface area contributed by atoms with Gasteiger partial charge in [0.25, 0.3) is 5.91 Å². The van der Waals surface area contributed by atoms with Crippen LogP contribution in [-0.2, 0) is 14.3 Å². The lowest BCUT2D eigenvalue weighted by Crippen LogP contribution is -3.14. The number of methoxy groups -OCH3 is 3. The van der Waals surface area contributed by atoms with Gasteiger partial charge in [0, 0.05) is 30.9 Å². The van der Waals surface area contributed by atoms with Gasteiger partial charge < -0.3 is 33.9 Å². The SMILES string of the molecule is COc1cc(C2C(=C([O-])c3ccncc3)C(=O)C(=O)N2CCC[NH+]2CCOCC2)cc(OC)c1OC. The zero-order valence-electron chi connectivity index (χ0n) is 20.7. The first-order valence-corrected chi connectivity index (χ1v) is 11.9. The number of hydrogen-bond donors (Lipinski definition) is 1. The second-order valence-corrected chi connectivity index (χ2v) is 8.63. The Labute approximate surface area is 210 Å². The summed E-state index contributed by atoms with van der Waals surface area (Å²) in [5, 5.41) is 13.5. The van der Waals surface area contributed by atoms with Crippen LogP contribution in [-0.4, -0.2) is 82.3 Å². The third kappa shape index (κ3) is 5.00. The van der Waals surface area contributed by atoms with Crippen LogP contribution >= 0.6 is 0 Å². The van der Waals surface area contributed by atoms with Crippen molar-refractivity contribution in [3.63, 3.8) is 0 Å². The van der Waals surface area contributed by atoms with E-state index in [0.717, 1.165) is 19.6 Å². The van der Waals surface area contributed by atoms with Crippen molar-refractivity contribution in [1.29, 1.82) is 0 Å². The van der Waals surface area contributed by atoms with E-state index in [1.807, 2.05) is 0 Å². The molecule has 2 fully saturated rings. The maximum atomic E-state index is 13.5. The molecular weight excluding hydrogens is 466 g/mol. The molecule has 2 aliphatic rings. The van der Waals surface area contributed by atoms with Crippen molar-refractivity contribution in [3.8, 4) is 17.2 Å². The molecule has 1 atom stereocenters. The largest absolute Gasteiger partial charge is 0.872 e. The summed E-state index contributed by atoms with van der Waals surface area (Å²) in [5.74, 6) is -0.878.